The van der Waals surface area contributed by atoms with Gasteiger partial charge in [0.1, 0.15) is 5.82 Å². The van der Waals surface area contributed by atoms with Gasteiger partial charge in [-0.1, -0.05) is 32.7 Å². The smallest absolute Gasteiger partial charge is 0.168 e. The highest BCUT2D eigenvalue weighted by Crippen LogP contribution is 2.29. The molecule has 2 rings (SSSR count). The SMILES string of the molecule is Fc1ccc(-c2cc(CBr)no2)c(Cl)c1. The summed E-state index contributed by atoms with van der Waals surface area (Å²) in [5, 5.41) is 4.72. The summed E-state index contributed by atoms with van der Waals surface area (Å²) in [4.78, 5) is 0. The predicted octanol–water partition coefficient (Wildman–Crippen LogP) is 4.03. The summed E-state index contributed by atoms with van der Waals surface area (Å²) in [5.74, 6) is 0.165. The second-order valence-electron chi connectivity index (χ2n) is 2.94. The van der Waals surface area contributed by atoms with E-state index in [2.05, 4.69) is 21.1 Å². The molecule has 2 aromatic rings. The van der Waals surface area contributed by atoms with Crippen molar-refractivity contribution in [2.45, 2.75) is 5.33 Å². The van der Waals surface area contributed by atoms with Gasteiger partial charge in [0.05, 0.1) is 10.7 Å². The topological polar surface area (TPSA) is 26.0 Å². The average molecular weight is 291 g/mol. The summed E-state index contributed by atoms with van der Waals surface area (Å²) < 4.78 is 17.9. The van der Waals surface area contributed by atoms with Crippen molar-refractivity contribution in [2.24, 2.45) is 0 Å². The number of alkyl halides is 1. The number of benzene rings is 1. The van der Waals surface area contributed by atoms with Gasteiger partial charge in [-0.2, -0.15) is 0 Å². The second kappa shape index (κ2) is 4.33. The second-order valence-corrected chi connectivity index (χ2v) is 3.91. The normalized spacial score (nSPS) is 10.6. The first-order valence-corrected chi connectivity index (χ1v) is 5.67. The molecule has 15 heavy (non-hydrogen) atoms. The molecule has 0 radical (unpaired) electrons. The van der Waals surface area contributed by atoms with E-state index in [1.807, 2.05) is 0 Å². The number of hydrogen-bond acceptors (Lipinski definition) is 2. The molecule has 0 aliphatic carbocycles. The van der Waals surface area contributed by atoms with Crippen LogP contribution in [0.1, 0.15) is 5.69 Å². The van der Waals surface area contributed by atoms with Crippen molar-refractivity contribution < 1.29 is 8.91 Å². The summed E-state index contributed by atoms with van der Waals surface area (Å²) >= 11 is 9.13. The van der Waals surface area contributed by atoms with Crippen molar-refractivity contribution in [2.75, 3.05) is 0 Å². The number of rotatable bonds is 2. The zero-order valence-corrected chi connectivity index (χ0v) is 9.85. The van der Waals surface area contributed by atoms with Crippen LogP contribution in [0.3, 0.4) is 0 Å². The Morgan fingerprint density at radius 1 is 1.40 bits per heavy atom. The Morgan fingerprint density at radius 2 is 2.20 bits per heavy atom. The van der Waals surface area contributed by atoms with E-state index in [4.69, 9.17) is 16.1 Å². The van der Waals surface area contributed by atoms with Crippen LogP contribution in [-0.2, 0) is 5.33 Å². The molecular formula is C10H6BrClFNO. The van der Waals surface area contributed by atoms with Crippen molar-refractivity contribution in [3.8, 4) is 11.3 Å². The molecule has 2 nitrogen and oxygen atoms in total. The fourth-order valence-corrected chi connectivity index (χ4v) is 1.72. The van der Waals surface area contributed by atoms with Gasteiger partial charge >= 0.3 is 0 Å². The van der Waals surface area contributed by atoms with Gasteiger partial charge in [0, 0.05) is 17.0 Å². The first kappa shape index (κ1) is 10.6. The summed E-state index contributed by atoms with van der Waals surface area (Å²) in [7, 11) is 0. The van der Waals surface area contributed by atoms with E-state index in [1.165, 1.54) is 12.1 Å². The van der Waals surface area contributed by atoms with Gasteiger partial charge in [0.15, 0.2) is 5.76 Å². The number of halogens is 3. The third-order valence-electron chi connectivity index (χ3n) is 1.89. The standard InChI is InChI=1S/C10H6BrClFNO/c11-5-7-4-10(15-14-7)8-2-1-6(13)3-9(8)12/h1-4H,5H2. The largest absolute Gasteiger partial charge is 0.356 e. The predicted molar refractivity (Wildman–Crippen MR) is 59.5 cm³/mol. The lowest BCUT2D eigenvalue weighted by Gasteiger charge is -1.98. The Bertz CT molecular complexity index is 486. The molecule has 0 spiro atoms. The van der Waals surface area contributed by atoms with Crippen molar-refractivity contribution in [3.63, 3.8) is 0 Å². The van der Waals surface area contributed by atoms with E-state index in [0.717, 1.165) is 5.69 Å². The van der Waals surface area contributed by atoms with Crippen molar-refractivity contribution in [1.29, 1.82) is 0 Å². The first-order chi connectivity index (χ1) is 7.20. The van der Waals surface area contributed by atoms with Gasteiger partial charge < -0.3 is 4.52 Å². The quantitative estimate of drug-likeness (QED) is 0.781. The van der Waals surface area contributed by atoms with E-state index in [-0.39, 0.29) is 5.82 Å². The molecule has 0 amide bonds. The molecule has 0 saturated heterocycles. The molecule has 0 N–H and O–H groups in total. The molecule has 0 bridgehead atoms. The minimum atomic E-state index is -0.371. The molecule has 1 aromatic carbocycles. The van der Waals surface area contributed by atoms with Gasteiger partial charge in [0.2, 0.25) is 0 Å². The minimum absolute atomic E-state index is 0.312. The van der Waals surface area contributed by atoms with Gasteiger partial charge in [-0.05, 0) is 18.2 Å². The molecule has 0 aliphatic heterocycles. The van der Waals surface area contributed by atoms with Gasteiger partial charge in [-0.15, -0.1) is 0 Å². The number of hydrogen-bond donors (Lipinski definition) is 0. The molecule has 0 fully saturated rings. The van der Waals surface area contributed by atoms with Crippen LogP contribution in [-0.4, -0.2) is 5.16 Å². The lowest BCUT2D eigenvalue weighted by molar-refractivity contribution is 0.426. The van der Waals surface area contributed by atoms with E-state index < -0.39 is 0 Å². The fourth-order valence-electron chi connectivity index (χ4n) is 1.19. The Balaban J connectivity index is 2.44. The van der Waals surface area contributed by atoms with Gasteiger partial charge in [-0.25, -0.2) is 4.39 Å². The molecule has 5 heteroatoms. The van der Waals surface area contributed by atoms with Crippen LogP contribution in [0.25, 0.3) is 11.3 Å². The molecule has 0 unspecified atom stereocenters. The van der Waals surface area contributed by atoms with Crippen molar-refractivity contribution in [3.05, 3.63) is 40.8 Å². The molecule has 0 saturated carbocycles. The van der Waals surface area contributed by atoms with E-state index in [0.29, 0.717) is 21.7 Å². The zero-order chi connectivity index (χ0) is 10.8. The average Bonchev–Trinajstić information content (AvgIpc) is 2.66. The van der Waals surface area contributed by atoms with Crippen molar-refractivity contribution >= 4 is 27.5 Å². The highest BCUT2D eigenvalue weighted by atomic mass is 79.9. The van der Waals surface area contributed by atoms with Crippen molar-refractivity contribution in [1.82, 2.24) is 5.16 Å². The fraction of sp³-hybridized carbons (Fsp3) is 0.100. The summed E-state index contributed by atoms with van der Waals surface area (Å²) in [6.07, 6.45) is 0. The Morgan fingerprint density at radius 3 is 2.80 bits per heavy atom. The van der Waals surface area contributed by atoms with Crippen LogP contribution >= 0.6 is 27.5 Å². The van der Waals surface area contributed by atoms with Crippen LogP contribution in [0.5, 0.6) is 0 Å². The Hall–Kier alpha value is -0.870. The zero-order valence-electron chi connectivity index (χ0n) is 7.51. The van der Waals surface area contributed by atoms with Crippen LogP contribution in [0.15, 0.2) is 28.8 Å². The van der Waals surface area contributed by atoms with Gasteiger partial charge in [-0.3, -0.25) is 0 Å². The van der Waals surface area contributed by atoms with Crippen LogP contribution in [0, 0.1) is 5.82 Å². The van der Waals surface area contributed by atoms with Crippen LogP contribution in [0.4, 0.5) is 4.39 Å². The third kappa shape index (κ3) is 2.21. The van der Waals surface area contributed by atoms with Crippen LogP contribution in [0.2, 0.25) is 5.02 Å². The summed E-state index contributed by atoms with van der Waals surface area (Å²) in [5.41, 5.74) is 1.41. The maximum atomic E-state index is 12.8. The lowest BCUT2D eigenvalue weighted by atomic mass is 10.1. The summed E-state index contributed by atoms with van der Waals surface area (Å²) in [6, 6.07) is 5.90. The third-order valence-corrected chi connectivity index (χ3v) is 2.78. The maximum absolute atomic E-state index is 12.8. The molecule has 78 valence electrons. The molecule has 0 aliphatic rings. The number of aromatic nitrogens is 1. The molecular weight excluding hydrogens is 284 g/mol. The van der Waals surface area contributed by atoms with E-state index >= 15 is 0 Å². The van der Waals surface area contributed by atoms with Crippen LogP contribution < -0.4 is 0 Å². The highest BCUT2D eigenvalue weighted by Gasteiger charge is 2.10. The molecule has 1 heterocycles. The Kier molecular flexibility index (Phi) is 3.07. The first-order valence-electron chi connectivity index (χ1n) is 4.17. The van der Waals surface area contributed by atoms with E-state index in [9.17, 15) is 4.39 Å². The summed E-state index contributed by atoms with van der Waals surface area (Å²) in [6.45, 7) is 0. The van der Waals surface area contributed by atoms with E-state index in [1.54, 1.807) is 12.1 Å². The molecule has 0 atom stereocenters. The number of nitrogens with zero attached hydrogens (tertiary/aromatic N) is 1. The monoisotopic (exact) mass is 289 g/mol. The minimum Gasteiger partial charge on any atom is -0.356 e. The highest BCUT2D eigenvalue weighted by molar-refractivity contribution is 9.08. The van der Waals surface area contributed by atoms with Gasteiger partial charge in [0.25, 0.3) is 0 Å². The Labute approximate surface area is 99.2 Å². The molecule has 1 aromatic heterocycles. The lowest BCUT2D eigenvalue weighted by Crippen LogP contribution is -1.79. The maximum Gasteiger partial charge on any atom is 0.168 e.